The van der Waals surface area contributed by atoms with Crippen molar-refractivity contribution in [3.63, 3.8) is 0 Å². The van der Waals surface area contributed by atoms with Gasteiger partial charge in [-0.1, -0.05) is 47.2 Å². The minimum Gasteiger partial charge on any atom is -0.378 e. The molecule has 0 unspecified atom stereocenters. The van der Waals surface area contributed by atoms with Crippen LogP contribution in [0.5, 0.6) is 0 Å². The van der Waals surface area contributed by atoms with E-state index >= 15 is 0 Å². The van der Waals surface area contributed by atoms with Gasteiger partial charge in [0, 0.05) is 40.6 Å². The zero-order valence-corrected chi connectivity index (χ0v) is 18.4. The molecule has 3 aromatic rings. The molecule has 5 nitrogen and oxygen atoms in total. The van der Waals surface area contributed by atoms with Gasteiger partial charge in [-0.05, 0) is 32.0 Å². The molecular formula is C20H23IN4OS. The molecular weight excluding hydrogens is 471 g/mol. The third-order valence-corrected chi connectivity index (χ3v) is 4.86. The molecule has 27 heavy (non-hydrogen) atoms. The lowest BCUT2D eigenvalue weighted by Gasteiger charge is -2.09. The van der Waals surface area contributed by atoms with Crippen LogP contribution in [0.4, 0.5) is 0 Å². The fraction of sp³-hybridized carbons (Fsp3) is 0.200. The van der Waals surface area contributed by atoms with E-state index in [4.69, 9.17) is 11.1 Å². The molecule has 7 heteroatoms. The quantitative estimate of drug-likeness (QED) is 0.214. The van der Waals surface area contributed by atoms with Crippen molar-refractivity contribution < 1.29 is 4.79 Å². The number of hydrogen-bond donors (Lipinski definition) is 3. The van der Waals surface area contributed by atoms with E-state index in [-0.39, 0.29) is 35.1 Å². The molecule has 0 saturated carbocycles. The summed E-state index contributed by atoms with van der Waals surface area (Å²) in [6.45, 7) is 5.15. The monoisotopic (exact) mass is 494 g/mol. The highest BCUT2D eigenvalue weighted by molar-refractivity contribution is 14.0. The molecule has 1 aromatic heterocycles. The lowest BCUT2D eigenvalue weighted by molar-refractivity contribution is 0.0952. The standard InChI is InChI=1S/C20H22N4OS.HI/c1-13-9-14(2)11-15(10-13)19(25)23-7-8-24-12-18(26-20(21)22)16-5-3-4-6-17(16)24;/h3-6,9-12H,7-8H2,1-2H3,(H3,21,22)(H,23,25);1H. The molecule has 0 bridgehead atoms. The number of carbonyl (C=O) groups excluding carboxylic acids is 1. The number of benzene rings is 2. The normalized spacial score (nSPS) is 10.4. The van der Waals surface area contributed by atoms with Crippen LogP contribution in [0.3, 0.4) is 0 Å². The number of amidine groups is 1. The summed E-state index contributed by atoms with van der Waals surface area (Å²) in [6, 6.07) is 13.9. The third-order valence-electron chi connectivity index (χ3n) is 4.09. The highest BCUT2D eigenvalue weighted by atomic mass is 127. The van der Waals surface area contributed by atoms with Crippen molar-refractivity contribution >= 4 is 57.7 Å². The van der Waals surface area contributed by atoms with Gasteiger partial charge in [-0.3, -0.25) is 10.2 Å². The zero-order valence-electron chi connectivity index (χ0n) is 15.3. The van der Waals surface area contributed by atoms with Crippen LogP contribution >= 0.6 is 35.7 Å². The molecule has 0 aliphatic heterocycles. The van der Waals surface area contributed by atoms with Crippen molar-refractivity contribution in [2.75, 3.05) is 6.54 Å². The topological polar surface area (TPSA) is 83.9 Å². The van der Waals surface area contributed by atoms with Crippen molar-refractivity contribution in [3.8, 4) is 0 Å². The summed E-state index contributed by atoms with van der Waals surface area (Å²) in [5.74, 6) is -0.0633. The SMILES string of the molecule is Cc1cc(C)cc(C(=O)NCCn2cc(SC(=N)N)c3ccccc32)c1.I. The second kappa shape index (κ2) is 9.27. The van der Waals surface area contributed by atoms with Gasteiger partial charge in [0.05, 0.1) is 0 Å². The summed E-state index contributed by atoms with van der Waals surface area (Å²) < 4.78 is 2.09. The summed E-state index contributed by atoms with van der Waals surface area (Å²) >= 11 is 1.24. The molecule has 0 aliphatic rings. The Hall–Kier alpha value is -2.00. The predicted octanol–water partition coefficient (Wildman–Crippen LogP) is 4.29. The van der Waals surface area contributed by atoms with Gasteiger partial charge >= 0.3 is 0 Å². The molecule has 1 heterocycles. The molecule has 142 valence electrons. The summed E-state index contributed by atoms with van der Waals surface area (Å²) in [4.78, 5) is 13.3. The summed E-state index contributed by atoms with van der Waals surface area (Å²) in [5, 5.41) is 11.6. The Bertz CT molecular complexity index is 963. The number of nitrogens with one attached hydrogen (secondary N) is 2. The Morgan fingerprint density at radius 1 is 1.19 bits per heavy atom. The van der Waals surface area contributed by atoms with Crippen LogP contribution in [0, 0.1) is 19.3 Å². The van der Waals surface area contributed by atoms with Crippen LogP contribution in [0.2, 0.25) is 0 Å². The molecule has 0 radical (unpaired) electrons. The third kappa shape index (κ3) is 5.26. The fourth-order valence-corrected chi connectivity index (χ4v) is 3.80. The van der Waals surface area contributed by atoms with Gasteiger partial charge in [0.2, 0.25) is 0 Å². The van der Waals surface area contributed by atoms with Crippen LogP contribution in [0.1, 0.15) is 21.5 Å². The fourth-order valence-electron chi connectivity index (χ4n) is 3.10. The number of para-hydroxylation sites is 1. The van der Waals surface area contributed by atoms with E-state index in [1.54, 1.807) is 0 Å². The Morgan fingerprint density at radius 3 is 2.52 bits per heavy atom. The molecule has 0 saturated heterocycles. The first kappa shape index (κ1) is 21.3. The highest BCUT2D eigenvalue weighted by Crippen LogP contribution is 2.29. The van der Waals surface area contributed by atoms with Gasteiger partial charge < -0.3 is 15.6 Å². The maximum atomic E-state index is 12.4. The van der Waals surface area contributed by atoms with Crippen LogP contribution in [0.15, 0.2) is 53.6 Å². The minimum absolute atomic E-state index is 0. The smallest absolute Gasteiger partial charge is 0.251 e. The maximum Gasteiger partial charge on any atom is 0.251 e. The molecule has 2 aromatic carbocycles. The second-order valence-electron chi connectivity index (χ2n) is 6.30. The molecule has 1 amide bonds. The molecule has 4 N–H and O–H groups in total. The predicted molar refractivity (Wildman–Crippen MR) is 123 cm³/mol. The van der Waals surface area contributed by atoms with Gasteiger partial charge in [0.1, 0.15) is 0 Å². The molecule has 0 aliphatic carbocycles. The average Bonchev–Trinajstić information content (AvgIpc) is 2.91. The number of amides is 1. The Balaban J connectivity index is 0.00000261. The number of hydrogen-bond acceptors (Lipinski definition) is 3. The van der Waals surface area contributed by atoms with Crippen molar-refractivity contribution in [1.29, 1.82) is 5.41 Å². The first-order chi connectivity index (χ1) is 12.4. The van der Waals surface area contributed by atoms with Gasteiger partial charge in [-0.15, -0.1) is 24.0 Å². The summed E-state index contributed by atoms with van der Waals surface area (Å²) in [6.07, 6.45) is 1.99. The number of nitrogens with two attached hydrogens (primary N) is 1. The summed E-state index contributed by atoms with van der Waals surface area (Å²) in [5.41, 5.74) is 9.45. The van der Waals surface area contributed by atoms with Crippen molar-refractivity contribution in [1.82, 2.24) is 9.88 Å². The lowest BCUT2D eigenvalue weighted by Crippen LogP contribution is -2.27. The van der Waals surface area contributed by atoms with Crippen LogP contribution < -0.4 is 11.1 Å². The van der Waals surface area contributed by atoms with Crippen molar-refractivity contribution in [3.05, 3.63) is 65.4 Å². The number of aromatic nitrogens is 1. The van der Waals surface area contributed by atoms with E-state index in [1.165, 1.54) is 11.8 Å². The maximum absolute atomic E-state index is 12.4. The van der Waals surface area contributed by atoms with E-state index in [2.05, 4.69) is 16.0 Å². The first-order valence-electron chi connectivity index (χ1n) is 8.40. The summed E-state index contributed by atoms with van der Waals surface area (Å²) in [7, 11) is 0. The second-order valence-corrected chi connectivity index (χ2v) is 7.39. The number of rotatable bonds is 5. The number of aryl methyl sites for hydroxylation is 2. The molecule has 0 fully saturated rings. The van der Waals surface area contributed by atoms with Crippen molar-refractivity contribution in [2.24, 2.45) is 5.73 Å². The number of carbonyl (C=O) groups is 1. The van der Waals surface area contributed by atoms with E-state index in [0.717, 1.165) is 26.9 Å². The highest BCUT2D eigenvalue weighted by Gasteiger charge is 2.11. The number of halogens is 1. The van der Waals surface area contributed by atoms with Crippen LogP contribution in [0.25, 0.3) is 10.9 Å². The molecule has 3 rings (SSSR count). The van der Waals surface area contributed by atoms with Gasteiger partial charge in [-0.2, -0.15) is 0 Å². The van der Waals surface area contributed by atoms with E-state index < -0.39 is 0 Å². The van der Waals surface area contributed by atoms with Crippen LogP contribution in [-0.4, -0.2) is 22.2 Å². The van der Waals surface area contributed by atoms with E-state index in [9.17, 15) is 4.79 Å². The van der Waals surface area contributed by atoms with Gasteiger partial charge in [0.15, 0.2) is 5.17 Å². The minimum atomic E-state index is -0.0633. The zero-order chi connectivity index (χ0) is 18.7. The number of thioether (sulfide) groups is 1. The Labute approximate surface area is 180 Å². The lowest BCUT2D eigenvalue weighted by atomic mass is 10.1. The number of nitrogens with zero attached hydrogens (tertiary/aromatic N) is 1. The largest absolute Gasteiger partial charge is 0.378 e. The van der Waals surface area contributed by atoms with Crippen LogP contribution in [-0.2, 0) is 6.54 Å². The first-order valence-corrected chi connectivity index (χ1v) is 9.22. The van der Waals surface area contributed by atoms with Crippen molar-refractivity contribution in [2.45, 2.75) is 25.3 Å². The Morgan fingerprint density at radius 2 is 1.85 bits per heavy atom. The molecule has 0 spiro atoms. The van der Waals surface area contributed by atoms with E-state index in [1.807, 2.05) is 56.4 Å². The Kier molecular flexibility index (Phi) is 7.32. The van der Waals surface area contributed by atoms with E-state index in [0.29, 0.717) is 18.7 Å². The van der Waals surface area contributed by atoms with Gasteiger partial charge in [0.25, 0.3) is 5.91 Å². The van der Waals surface area contributed by atoms with Gasteiger partial charge in [-0.25, -0.2) is 0 Å². The average molecular weight is 494 g/mol. The number of fused-ring (bicyclic) bond motifs is 1. The molecule has 0 atom stereocenters.